The third kappa shape index (κ3) is 3.15. The highest BCUT2D eigenvalue weighted by Crippen LogP contribution is 2.73. The number of aliphatic hydroxyl groups is 6. The molecule has 4 aliphatic carbocycles. The lowest BCUT2D eigenvalue weighted by Crippen LogP contribution is -2.71. The Morgan fingerprint density at radius 3 is 2.46 bits per heavy atom. The molecule has 0 amide bonds. The topological polar surface area (TPSA) is 157 Å². The molecule has 35 heavy (non-hydrogen) atoms. The molecule has 0 unspecified atom stereocenters. The number of rotatable bonds is 3. The van der Waals surface area contributed by atoms with Gasteiger partial charge in [0.15, 0.2) is 0 Å². The van der Waals surface area contributed by atoms with Crippen LogP contribution in [0.15, 0.2) is 12.2 Å². The van der Waals surface area contributed by atoms with Gasteiger partial charge >= 0.3 is 5.97 Å². The van der Waals surface area contributed by atoms with Crippen molar-refractivity contribution < 1.29 is 44.9 Å². The van der Waals surface area contributed by atoms with E-state index in [9.17, 15) is 35.4 Å². The minimum atomic E-state index is -1.66. The van der Waals surface area contributed by atoms with Gasteiger partial charge in [0.05, 0.1) is 23.7 Å². The lowest BCUT2D eigenvalue weighted by atomic mass is 9.38. The first-order chi connectivity index (χ1) is 16.4. The first-order valence-corrected chi connectivity index (χ1v) is 13.0. The van der Waals surface area contributed by atoms with Gasteiger partial charge in [-0.2, -0.15) is 0 Å². The van der Waals surface area contributed by atoms with Crippen LogP contribution in [0.4, 0.5) is 0 Å². The molecule has 0 aromatic carbocycles. The van der Waals surface area contributed by atoms with Crippen molar-refractivity contribution in [1.29, 1.82) is 0 Å². The minimum absolute atomic E-state index is 0.219. The van der Waals surface area contributed by atoms with Crippen LogP contribution in [0.3, 0.4) is 0 Å². The molecule has 0 aromatic rings. The maximum atomic E-state index is 13.7. The quantitative estimate of drug-likeness (QED) is 0.240. The zero-order chi connectivity index (χ0) is 25.6. The van der Waals surface area contributed by atoms with E-state index in [0.717, 1.165) is 24.8 Å². The Balaban J connectivity index is 1.43. The molecule has 9 heteroatoms. The SMILES string of the molecule is C=C1[C@H]2CC[C@]3(O)[C@@](CC[C@@H]4[C@](C)(C(=O)O[C@@H]5O[C@H](CO)[C@H](O)[C@H](O)[C@H]5O)CCC[C@]43C)(C2)[C@H]1O. The van der Waals surface area contributed by atoms with Crippen LogP contribution >= 0.6 is 0 Å². The number of aliphatic hydroxyl groups excluding tert-OH is 5. The van der Waals surface area contributed by atoms with Crippen molar-refractivity contribution in [1.82, 2.24) is 0 Å². The van der Waals surface area contributed by atoms with Gasteiger partial charge in [0.2, 0.25) is 6.29 Å². The number of carbonyl (C=O) groups excluding carboxylic acids is 1. The number of carbonyl (C=O) groups is 1. The maximum Gasteiger partial charge on any atom is 0.314 e. The zero-order valence-electron chi connectivity index (χ0n) is 20.6. The highest BCUT2D eigenvalue weighted by atomic mass is 16.7. The van der Waals surface area contributed by atoms with Gasteiger partial charge in [-0.3, -0.25) is 4.79 Å². The number of fused-ring (bicyclic) bond motifs is 3. The first-order valence-electron chi connectivity index (χ1n) is 13.0. The predicted octanol–water partition coefficient (Wildman–Crippen LogP) is 0.384. The summed E-state index contributed by atoms with van der Waals surface area (Å²) in [6.07, 6.45) is -3.08. The van der Waals surface area contributed by atoms with Crippen LogP contribution < -0.4 is 0 Å². The molecule has 0 radical (unpaired) electrons. The summed E-state index contributed by atoms with van der Waals surface area (Å²) in [4.78, 5) is 13.7. The fourth-order valence-electron chi connectivity index (χ4n) is 8.93. The van der Waals surface area contributed by atoms with Gasteiger partial charge in [-0.25, -0.2) is 0 Å². The molecule has 1 aliphatic heterocycles. The summed E-state index contributed by atoms with van der Waals surface area (Å²) in [5.41, 5.74) is -2.60. The van der Waals surface area contributed by atoms with Crippen molar-refractivity contribution in [3.63, 3.8) is 0 Å². The maximum absolute atomic E-state index is 13.7. The van der Waals surface area contributed by atoms with Crippen LogP contribution in [0, 0.1) is 28.1 Å². The summed E-state index contributed by atoms with van der Waals surface area (Å²) < 4.78 is 11.0. The molecule has 0 aromatic heterocycles. The average Bonchev–Trinajstić information content (AvgIpc) is 3.03. The summed E-state index contributed by atoms with van der Waals surface area (Å²) in [6.45, 7) is 7.41. The van der Waals surface area contributed by atoms with Crippen molar-refractivity contribution >= 4 is 5.97 Å². The lowest BCUT2D eigenvalue weighted by molar-refractivity contribution is -0.303. The van der Waals surface area contributed by atoms with Gasteiger partial charge < -0.3 is 40.1 Å². The van der Waals surface area contributed by atoms with Crippen LogP contribution in [0.2, 0.25) is 0 Å². The Bertz CT molecular complexity index is 892. The van der Waals surface area contributed by atoms with E-state index in [1.54, 1.807) is 0 Å². The smallest absolute Gasteiger partial charge is 0.314 e. The van der Waals surface area contributed by atoms with Crippen LogP contribution in [0.1, 0.15) is 65.2 Å². The molecular weight excluding hydrogens is 456 g/mol. The Kier molecular flexibility index (Phi) is 6.00. The van der Waals surface area contributed by atoms with E-state index in [4.69, 9.17) is 9.47 Å². The largest absolute Gasteiger partial charge is 0.432 e. The molecule has 9 nitrogen and oxygen atoms in total. The number of hydrogen-bond donors (Lipinski definition) is 6. The normalized spacial score (nSPS) is 55.7. The van der Waals surface area contributed by atoms with E-state index < -0.39 is 71.2 Å². The fraction of sp³-hybridized carbons (Fsp3) is 0.885. The van der Waals surface area contributed by atoms with Crippen molar-refractivity contribution in [2.45, 2.75) is 108 Å². The molecule has 1 saturated heterocycles. The van der Waals surface area contributed by atoms with Crippen LogP contribution in [0.25, 0.3) is 0 Å². The summed E-state index contributed by atoms with van der Waals surface area (Å²) >= 11 is 0. The molecule has 2 bridgehead atoms. The second kappa shape index (κ2) is 8.21. The van der Waals surface area contributed by atoms with E-state index in [2.05, 4.69) is 6.58 Å². The molecule has 1 heterocycles. The highest BCUT2D eigenvalue weighted by molar-refractivity contribution is 5.77. The van der Waals surface area contributed by atoms with E-state index in [-0.39, 0.29) is 11.8 Å². The Labute approximate surface area is 205 Å². The second-order valence-corrected chi connectivity index (χ2v) is 12.3. The van der Waals surface area contributed by atoms with Crippen molar-refractivity contribution in [3.8, 4) is 0 Å². The molecule has 198 valence electrons. The van der Waals surface area contributed by atoms with Crippen molar-refractivity contribution in [3.05, 3.63) is 12.2 Å². The summed E-state index contributed by atoms with van der Waals surface area (Å²) in [5.74, 6) is -0.603. The molecule has 5 fully saturated rings. The minimum Gasteiger partial charge on any atom is -0.432 e. The van der Waals surface area contributed by atoms with Gasteiger partial charge in [0.25, 0.3) is 0 Å². The number of ether oxygens (including phenoxy) is 2. The molecular formula is C26H40O9. The van der Waals surface area contributed by atoms with E-state index in [1.807, 2.05) is 13.8 Å². The Morgan fingerprint density at radius 1 is 1.06 bits per heavy atom. The lowest BCUT2D eigenvalue weighted by Gasteiger charge is -2.68. The molecule has 6 N–H and O–H groups in total. The highest BCUT2D eigenvalue weighted by Gasteiger charge is 2.75. The molecule has 5 aliphatic rings. The fourth-order valence-corrected chi connectivity index (χ4v) is 8.93. The van der Waals surface area contributed by atoms with Crippen molar-refractivity contribution in [2.75, 3.05) is 6.61 Å². The van der Waals surface area contributed by atoms with Crippen molar-refractivity contribution in [2.24, 2.45) is 28.1 Å². The zero-order valence-corrected chi connectivity index (χ0v) is 20.6. The molecule has 12 atom stereocenters. The van der Waals surface area contributed by atoms with Crippen LogP contribution in [-0.2, 0) is 14.3 Å². The monoisotopic (exact) mass is 496 g/mol. The van der Waals surface area contributed by atoms with E-state index in [0.29, 0.717) is 32.1 Å². The van der Waals surface area contributed by atoms with Gasteiger partial charge in [0.1, 0.15) is 24.4 Å². The summed E-state index contributed by atoms with van der Waals surface area (Å²) in [6, 6.07) is 0. The third-order valence-corrected chi connectivity index (χ3v) is 11.0. The Hall–Kier alpha value is -1.07. The van der Waals surface area contributed by atoms with Crippen LogP contribution in [-0.4, -0.2) is 85.6 Å². The van der Waals surface area contributed by atoms with E-state index >= 15 is 0 Å². The average molecular weight is 497 g/mol. The van der Waals surface area contributed by atoms with Gasteiger partial charge in [0, 0.05) is 10.8 Å². The van der Waals surface area contributed by atoms with E-state index in [1.165, 1.54) is 0 Å². The van der Waals surface area contributed by atoms with Gasteiger partial charge in [-0.05, 0) is 69.3 Å². The molecule has 4 saturated carbocycles. The van der Waals surface area contributed by atoms with Gasteiger partial charge in [-0.15, -0.1) is 0 Å². The number of esters is 1. The summed E-state index contributed by atoms with van der Waals surface area (Å²) in [7, 11) is 0. The summed E-state index contributed by atoms with van der Waals surface area (Å²) in [5, 5.41) is 63.6. The standard InChI is InChI=1S/C26H40O9/c1-13-14-5-10-26(33)24(3)8-4-7-23(2,16(24)6-9-25(26,11-14)20(13)31)22(32)35-21-19(30)18(29)17(28)15(12-27)34-21/h14-21,27-31,33H,1,4-12H2,2-3H3/t14-,15+,16+,17-,18-,19+,20-,21-,23+,24+,25-,26+/m0/s1. The van der Waals surface area contributed by atoms with Crippen LogP contribution in [0.5, 0.6) is 0 Å². The number of hydrogen-bond acceptors (Lipinski definition) is 9. The molecule has 5 rings (SSSR count). The first kappa shape index (κ1) is 25.6. The second-order valence-electron chi connectivity index (χ2n) is 12.3. The third-order valence-electron chi connectivity index (χ3n) is 11.0. The van der Waals surface area contributed by atoms with Gasteiger partial charge in [-0.1, -0.05) is 19.9 Å². The Morgan fingerprint density at radius 2 is 1.77 bits per heavy atom. The predicted molar refractivity (Wildman–Crippen MR) is 123 cm³/mol. The molecule has 1 spiro atoms.